The highest BCUT2D eigenvalue weighted by molar-refractivity contribution is 5.88. The van der Waals surface area contributed by atoms with Crippen molar-refractivity contribution in [1.29, 1.82) is 0 Å². The van der Waals surface area contributed by atoms with E-state index in [4.69, 9.17) is 15.2 Å². The second-order valence-corrected chi connectivity index (χ2v) is 5.12. The summed E-state index contributed by atoms with van der Waals surface area (Å²) in [5.41, 5.74) is 5.41. The van der Waals surface area contributed by atoms with E-state index in [1.165, 1.54) is 7.11 Å². The summed E-state index contributed by atoms with van der Waals surface area (Å²) < 4.78 is 25.8. The van der Waals surface area contributed by atoms with E-state index >= 15 is 0 Å². The fourth-order valence-electron chi connectivity index (χ4n) is 2.68. The second-order valence-electron chi connectivity index (χ2n) is 5.12. The second kappa shape index (κ2) is 5.64. The molecular weight excluding hydrogens is 293 g/mol. The molecule has 1 aliphatic rings. The van der Waals surface area contributed by atoms with Gasteiger partial charge in [-0.1, -0.05) is 12.1 Å². The van der Waals surface area contributed by atoms with Crippen LogP contribution in [0.3, 0.4) is 0 Å². The molecule has 1 aromatic heterocycles. The Balaban J connectivity index is 2.13. The summed E-state index contributed by atoms with van der Waals surface area (Å²) >= 11 is 0. The summed E-state index contributed by atoms with van der Waals surface area (Å²) in [5.74, 6) is 0.0687. The minimum Gasteiger partial charge on any atom is -0.387 e. The molecule has 1 aromatic carbocycles. The third-order valence-corrected chi connectivity index (χ3v) is 3.74. The average Bonchev–Trinajstić information content (AvgIpc) is 2.77. The summed E-state index contributed by atoms with van der Waals surface area (Å²) in [6, 6.07) is 6.74. The lowest BCUT2D eigenvalue weighted by Crippen LogP contribution is -2.34. The van der Waals surface area contributed by atoms with Gasteiger partial charge in [-0.05, 0) is 12.1 Å². The monoisotopic (exact) mass is 309 g/mol. The number of aromatic nitrogens is 2. The van der Waals surface area contributed by atoms with Gasteiger partial charge in [-0.2, -0.15) is 4.98 Å². The summed E-state index contributed by atoms with van der Waals surface area (Å²) in [6.07, 6.45) is -5.28. The van der Waals surface area contributed by atoms with Crippen molar-refractivity contribution in [2.24, 2.45) is 0 Å². The van der Waals surface area contributed by atoms with Crippen LogP contribution in [0.15, 0.2) is 29.1 Å². The topological polar surface area (TPSA) is 99.6 Å². The van der Waals surface area contributed by atoms with Gasteiger partial charge in [-0.25, -0.2) is 9.18 Å². The van der Waals surface area contributed by atoms with E-state index in [2.05, 4.69) is 4.98 Å². The Morgan fingerprint density at radius 2 is 2.23 bits per heavy atom. The lowest BCUT2D eigenvalue weighted by atomic mass is 10.1. The Morgan fingerprint density at radius 1 is 1.50 bits per heavy atom. The number of nitrogens with two attached hydrogens (primary N) is 1. The predicted octanol–water partition coefficient (Wildman–Crippen LogP) is 0.221. The molecule has 0 radical (unpaired) electrons. The van der Waals surface area contributed by atoms with Crippen molar-refractivity contribution in [3.63, 3.8) is 0 Å². The minimum absolute atomic E-state index is 0.0210. The molecule has 7 nitrogen and oxygen atoms in total. The van der Waals surface area contributed by atoms with E-state index in [0.717, 1.165) is 4.57 Å². The minimum atomic E-state index is -1.77. The van der Waals surface area contributed by atoms with Gasteiger partial charge in [-0.15, -0.1) is 0 Å². The van der Waals surface area contributed by atoms with Crippen LogP contribution < -0.4 is 11.4 Å². The molecule has 3 N–H and O–H groups in total. The highest BCUT2D eigenvalue weighted by atomic mass is 19.1. The van der Waals surface area contributed by atoms with Crippen LogP contribution in [0.1, 0.15) is 6.23 Å². The maximum absolute atomic E-state index is 14.4. The van der Waals surface area contributed by atoms with Crippen molar-refractivity contribution in [3.8, 4) is 0 Å². The molecule has 0 spiro atoms. The van der Waals surface area contributed by atoms with Gasteiger partial charge in [-0.3, -0.25) is 4.57 Å². The van der Waals surface area contributed by atoms with Crippen LogP contribution in [0.2, 0.25) is 0 Å². The number of benzene rings is 1. The molecule has 0 bridgehead atoms. The lowest BCUT2D eigenvalue weighted by Gasteiger charge is -2.18. The zero-order chi connectivity index (χ0) is 15.9. The zero-order valence-corrected chi connectivity index (χ0v) is 11.8. The molecule has 1 saturated heterocycles. The number of anilines is 1. The highest BCUT2D eigenvalue weighted by Gasteiger charge is 2.46. The third kappa shape index (κ3) is 2.25. The van der Waals surface area contributed by atoms with Crippen LogP contribution in [-0.2, 0) is 9.47 Å². The summed E-state index contributed by atoms with van der Waals surface area (Å²) in [7, 11) is 1.42. The largest absolute Gasteiger partial charge is 0.387 e. The van der Waals surface area contributed by atoms with Crippen LogP contribution >= 0.6 is 0 Å². The number of rotatable bonds is 3. The van der Waals surface area contributed by atoms with Crippen molar-refractivity contribution in [2.75, 3.05) is 19.5 Å². The number of para-hydroxylation sites is 1. The number of nitrogen functional groups attached to an aromatic ring is 1. The summed E-state index contributed by atoms with van der Waals surface area (Å²) in [6.45, 7) is 0.0210. The van der Waals surface area contributed by atoms with Gasteiger partial charge in [0.05, 0.1) is 12.1 Å². The van der Waals surface area contributed by atoms with E-state index in [-0.39, 0.29) is 12.4 Å². The number of hydrogen-bond donors (Lipinski definition) is 2. The Bertz CT molecular complexity index is 750. The Labute approximate surface area is 125 Å². The molecule has 4 atom stereocenters. The number of nitrogens with zero attached hydrogens (tertiary/aromatic N) is 2. The van der Waals surface area contributed by atoms with E-state index < -0.39 is 30.3 Å². The number of methoxy groups -OCH3 is 1. The van der Waals surface area contributed by atoms with Gasteiger partial charge in [0.15, 0.2) is 12.4 Å². The lowest BCUT2D eigenvalue weighted by molar-refractivity contribution is -0.0555. The summed E-state index contributed by atoms with van der Waals surface area (Å²) in [4.78, 5) is 15.9. The molecule has 1 fully saturated rings. The SMILES string of the molecule is COC[C@H]1O[C@@H](n2c(=O)nc(N)c3ccccc32)[C@H](F)[C@@H]1O. The number of aliphatic hydroxyl groups is 1. The zero-order valence-electron chi connectivity index (χ0n) is 11.8. The van der Waals surface area contributed by atoms with Crippen LogP contribution in [0.25, 0.3) is 10.9 Å². The highest BCUT2D eigenvalue weighted by Crippen LogP contribution is 2.33. The average molecular weight is 309 g/mol. The first-order valence-corrected chi connectivity index (χ1v) is 6.78. The number of aliphatic hydroxyl groups excluding tert-OH is 1. The molecule has 0 amide bonds. The van der Waals surface area contributed by atoms with Crippen molar-refractivity contribution in [2.45, 2.75) is 24.6 Å². The first kappa shape index (κ1) is 14.9. The molecule has 0 saturated carbocycles. The van der Waals surface area contributed by atoms with Gasteiger partial charge in [0.25, 0.3) is 0 Å². The van der Waals surface area contributed by atoms with Crippen LogP contribution in [0.4, 0.5) is 10.2 Å². The molecule has 3 rings (SSSR count). The number of hydrogen-bond acceptors (Lipinski definition) is 6. The molecular formula is C14H16FN3O4. The maximum atomic E-state index is 14.4. The molecule has 8 heteroatoms. The number of ether oxygens (including phenoxy) is 2. The Kier molecular flexibility index (Phi) is 3.81. The Hall–Kier alpha value is -2.03. The van der Waals surface area contributed by atoms with Gasteiger partial charge >= 0.3 is 5.69 Å². The van der Waals surface area contributed by atoms with E-state index in [1.54, 1.807) is 24.3 Å². The van der Waals surface area contributed by atoms with Crippen LogP contribution in [0, 0.1) is 0 Å². The standard InChI is InChI=1S/C14H16FN3O4/c1-21-6-9-11(19)10(15)13(22-9)18-8-5-3-2-4-7(8)12(16)17-14(18)20/h2-5,9-11,13,19H,6H2,1H3,(H2,16,17,20)/t9-,10-,11-,13-/m1/s1. The molecule has 1 aliphatic heterocycles. The fraction of sp³-hybridized carbons (Fsp3) is 0.429. The third-order valence-electron chi connectivity index (χ3n) is 3.74. The smallest absolute Gasteiger partial charge is 0.352 e. The van der Waals surface area contributed by atoms with E-state index in [9.17, 15) is 14.3 Å². The van der Waals surface area contributed by atoms with Crippen molar-refractivity contribution in [3.05, 3.63) is 34.7 Å². The number of fused-ring (bicyclic) bond motifs is 1. The van der Waals surface area contributed by atoms with Gasteiger partial charge < -0.3 is 20.3 Å². The predicted molar refractivity (Wildman–Crippen MR) is 77.1 cm³/mol. The van der Waals surface area contributed by atoms with Gasteiger partial charge in [0.2, 0.25) is 0 Å². The molecule has 2 aromatic rings. The normalized spacial score (nSPS) is 28.3. The quantitative estimate of drug-likeness (QED) is 0.841. The summed E-state index contributed by atoms with van der Waals surface area (Å²) in [5, 5.41) is 10.4. The molecule has 118 valence electrons. The fourth-order valence-corrected chi connectivity index (χ4v) is 2.68. The maximum Gasteiger partial charge on any atom is 0.352 e. The number of halogens is 1. The van der Waals surface area contributed by atoms with E-state index in [1.807, 2.05) is 0 Å². The first-order chi connectivity index (χ1) is 10.5. The molecule has 22 heavy (non-hydrogen) atoms. The van der Waals surface area contributed by atoms with Crippen molar-refractivity contribution >= 4 is 16.7 Å². The number of alkyl halides is 1. The molecule has 0 aliphatic carbocycles. The van der Waals surface area contributed by atoms with Crippen LogP contribution in [-0.4, -0.2) is 46.8 Å². The first-order valence-electron chi connectivity index (χ1n) is 6.78. The van der Waals surface area contributed by atoms with Gasteiger partial charge in [0, 0.05) is 12.5 Å². The van der Waals surface area contributed by atoms with Crippen molar-refractivity contribution in [1.82, 2.24) is 9.55 Å². The van der Waals surface area contributed by atoms with Crippen LogP contribution in [0.5, 0.6) is 0 Å². The Morgan fingerprint density at radius 3 is 2.95 bits per heavy atom. The van der Waals surface area contributed by atoms with Gasteiger partial charge in [0.1, 0.15) is 18.0 Å². The van der Waals surface area contributed by atoms with Crippen molar-refractivity contribution < 1.29 is 19.0 Å². The van der Waals surface area contributed by atoms with E-state index in [0.29, 0.717) is 10.9 Å². The molecule has 2 heterocycles. The molecule has 0 unspecified atom stereocenters.